The summed E-state index contributed by atoms with van der Waals surface area (Å²) in [4.78, 5) is 25.8. The minimum absolute atomic E-state index is 0.0402. The number of amides is 2. The van der Waals surface area contributed by atoms with Gasteiger partial charge in [-0.25, -0.2) is 0 Å². The number of carbonyl (C=O) groups excluding carboxylic acids is 2. The Kier molecular flexibility index (Phi) is 4.90. The lowest BCUT2D eigenvalue weighted by Gasteiger charge is -2.21. The lowest BCUT2D eigenvalue weighted by molar-refractivity contribution is -0.116. The van der Waals surface area contributed by atoms with E-state index in [1.807, 2.05) is 41.8 Å². The quantitative estimate of drug-likeness (QED) is 0.919. The summed E-state index contributed by atoms with van der Waals surface area (Å²) in [6.45, 7) is 2.40. The Morgan fingerprint density at radius 2 is 1.90 bits per heavy atom. The third-order valence-electron chi connectivity index (χ3n) is 2.81. The largest absolute Gasteiger partial charge is 0.350 e. The Morgan fingerprint density at radius 1 is 1.15 bits per heavy atom. The highest BCUT2D eigenvalue weighted by atomic mass is 32.1. The highest BCUT2D eigenvalue weighted by Gasteiger charge is 2.12. The van der Waals surface area contributed by atoms with E-state index < -0.39 is 0 Å². The molecule has 0 unspecified atom stereocenters. The van der Waals surface area contributed by atoms with Crippen molar-refractivity contribution in [2.45, 2.75) is 6.92 Å². The number of nitrogens with zero attached hydrogens (tertiary/aromatic N) is 1. The molecule has 0 saturated heterocycles. The van der Waals surface area contributed by atoms with Crippen LogP contribution < -0.4 is 10.2 Å². The van der Waals surface area contributed by atoms with E-state index in [4.69, 9.17) is 0 Å². The average molecular weight is 288 g/mol. The molecule has 4 nitrogen and oxygen atoms in total. The molecule has 2 amide bonds. The third kappa shape index (κ3) is 3.68. The first-order valence-electron chi connectivity index (χ1n) is 6.33. The number of benzene rings is 1. The monoisotopic (exact) mass is 288 g/mol. The Labute approximate surface area is 122 Å². The SMILES string of the molecule is CC(=O)N(CCNC(=O)c1cccs1)c1ccccc1. The van der Waals surface area contributed by atoms with Crippen LogP contribution in [0.5, 0.6) is 0 Å². The summed E-state index contributed by atoms with van der Waals surface area (Å²) in [5, 5.41) is 4.68. The molecule has 0 bridgehead atoms. The molecule has 104 valence electrons. The molecule has 0 aliphatic heterocycles. The van der Waals surface area contributed by atoms with Crippen molar-refractivity contribution >= 4 is 28.8 Å². The van der Waals surface area contributed by atoms with Crippen LogP contribution in [0.3, 0.4) is 0 Å². The van der Waals surface area contributed by atoms with Crippen molar-refractivity contribution in [2.24, 2.45) is 0 Å². The molecule has 2 rings (SSSR count). The van der Waals surface area contributed by atoms with E-state index in [0.717, 1.165) is 5.69 Å². The summed E-state index contributed by atoms with van der Waals surface area (Å²) in [5.41, 5.74) is 0.838. The van der Waals surface area contributed by atoms with Crippen LogP contribution in [-0.2, 0) is 4.79 Å². The van der Waals surface area contributed by atoms with Gasteiger partial charge in [-0.15, -0.1) is 11.3 Å². The molecule has 0 aliphatic carbocycles. The molecule has 0 saturated carbocycles. The topological polar surface area (TPSA) is 49.4 Å². The van der Waals surface area contributed by atoms with Gasteiger partial charge in [0, 0.05) is 25.7 Å². The van der Waals surface area contributed by atoms with Crippen molar-refractivity contribution in [1.29, 1.82) is 0 Å². The number of anilines is 1. The fraction of sp³-hybridized carbons (Fsp3) is 0.200. The van der Waals surface area contributed by atoms with Gasteiger partial charge >= 0.3 is 0 Å². The molecule has 0 aliphatic rings. The molecule has 0 spiro atoms. The van der Waals surface area contributed by atoms with E-state index in [1.165, 1.54) is 18.3 Å². The van der Waals surface area contributed by atoms with Crippen molar-refractivity contribution < 1.29 is 9.59 Å². The van der Waals surface area contributed by atoms with E-state index in [9.17, 15) is 9.59 Å². The fourth-order valence-corrected chi connectivity index (χ4v) is 2.49. The van der Waals surface area contributed by atoms with E-state index in [1.54, 1.807) is 11.0 Å². The Bertz CT molecular complexity index is 567. The maximum atomic E-state index is 11.8. The van der Waals surface area contributed by atoms with Crippen LogP contribution in [0.1, 0.15) is 16.6 Å². The van der Waals surface area contributed by atoms with Gasteiger partial charge in [0.1, 0.15) is 0 Å². The van der Waals surface area contributed by atoms with Crippen LogP contribution >= 0.6 is 11.3 Å². The van der Waals surface area contributed by atoms with Crippen molar-refractivity contribution in [1.82, 2.24) is 5.32 Å². The summed E-state index contributed by atoms with van der Waals surface area (Å²) in [7, 11) is 0. The first-order valence-corrected chi connectivity index (χ1v) is 7.21. The lowest BCUT2D eigenvalue weighted by Crippen LogP contribution is -2.37. The van der Waals surface area contributed by atoms with Gasteiger partial charge < -0.3 is 10.2 Å². The number of para-hydroxylation sites is 1. The summed E-state index contributed by atoms with van der Waals surface area (Å²) in [6.07, 6.45) is 0. The molecule has 2 aromatic rings. The predicted molar refractivity (Wildman–Crippen MR) is 81.1 cm³/mol. The molecule has 0 radical (unpaired) electrons. The van der Waals surface area contributed by atoms with Crippen molar-refractivity contribution in [3.63, 3.8) is 0 Å². The van der Waals surface area contributed by atoms with Gasteiger partial charge in [0.25, 0.3) is 5.91 Å². The standard InChI is InChI=1S/C15H16N2O2S/c1-12(18)17(13-6-3-2-4-7-13)10-9-16-15(19)14-8-5-11-20-14/h2-8,11H,9-10H2,1H3,(H,16,19). The van der Waals surface area contributed by atoms with E-state index >= 15 is 0 Å². The van der Waals surface area contributed by atoms with Crippen LogP contribution in [0.4, 0.5) is 5.69 Å². The smallest absolute Gasteiger partial charge is 0.261 e. The van der Waals surface area contributed by atoms with Gasteiger partial charge in [-0.2, -0.15) is 0 Å². The van der Waals surface area contributed by atoms with Crippen LogP contribution in [0.2, 0.25) is 0 Å². The van der Waals surface area contributed by atoms with Crippen molar-refractivity contribution in [2.75, 3.05) is 18.0 Å². The molecular formula is C15H16N2O2S. The average Bonchev–Trinajstić information content (AvgIpc) is 2.98. The number of rotatable bonds is 5. The second-order valence-corrected chi connectivity index (χ2v) is 5.19. The molecular weight excluding hydrogens is 272 g/mol. The van der Waals surface area contributed by atoms with Gasteiger partial charge in [-0.3, -0.25) is 9.59 Å². The second-order valence-electron chi connectivity index (χ2n) is 4.24. The summed E-state index contributed by atoms with van der Waals surface area (Å²) in [5.74, 6) is -0.141. The minimum atomic E-state index is -0.100. The van der Waals surface area contributed by atoms with Crippen LogP contribution in [0, 0.1) is 0 Å². The Morgan fingerprint density at radius 3 is 2.50 bits per heavy atom. The normalized spacial score (nSPS) is 10.1. The maximum Gasteiger partial charge on any atom is 0.261 e. The Hall–Kier alpha value is -2.14. The van der Waals surface area contributed by atoms with Crippen molar-refractivity contribution in [3.8, 4) is 0 Å². The fourth-order valence-electron chi connectivity index (χ4n) is 1.85. The number of nitrogens with one attached hydrogen (secondary N) is 1. The van der Waals surface area contributed by atoms with Gasteiger partial charge in [0.05, 0.1) is 4.88 Å². The van der Waals surface area contributed by atoms with Crippen LogP contribution in [0.15, 0.2) is 47.8 Å². The van der Waals surface area contributed by atoms with Gasteiger partial charge in [-0.1, -0.05) is 24.3 Å². The highest BCUT2D eigenvalue weighted by molar-refractivity contribution is 7.12. The van der Waals surface area contributed by atoms with Gasteiger partial charge in [0.2, 0.25) is 5.91 Å². The summed E-state index contributed by atoms with van der Waals surface area (Å²) < 4.78 is 0. The lowest BCUT2D eigenvalue weighted by atomic mass is 10.3. The van der Waals surface area contributed by atoms with E-state index in [2.05, 4.69) is 5.32 Å². The third-order valence-corrected chi connectivity index (χ3v) is 3.68. The molecule has 0 fully saturated rings. The van der Waals surface area contributed by atoms with Gasteiger partial charge in [0.15, 0.2) is 0 Å². The molecule has 0 atom stereocenters. The number of hydrogen-bond acceptors (Lipinski definition) is 3. The summed E-state index contributed by atoms with van der Waals surface area (Å²) in [6, 6.07) is 13.0. The van der Waals surface area contributed by atoms with Crippen LogP contribution in [-0.4, -0.2) is 24.9 Å². The van der Waals surface area contributed by atoms with E-state index in [-0.39, 0.29) is 11.8 Å². The van der Waals surface area contributed by atoms with Gasteiger partial charge in [-0.05, 0) is 23.6 Å². The predicted octanol–water partition coefficient (Wildman–Crippen LogP) is 2.53. The first kappa shape index (κ1) is 14.3. The number of hydrogen-bond donors (Lipinski definition) is 1. The van der Waals surface area contributed by atoms with E-state index in [0.29, 0.717) is 18.0 Å². The zero-order chi connectivity index (χ0) is 14.4. The second kappa shape index (κ2) is 6.86. The highest BCUT2D eigenvalue weighted by Crippen LogP contribution is 2.13. The van der Waals surface area contributed by atoms with Crippen molar-refractivity contribution in [3.05, 3.63) is 52.7 Å². The number of thiophene rings is 1. The zero-order valence-electron chi connectivity index (χ0n) is 11.2. The molecule has 5 heteroatoms. The zero-order valence-corrected chi connectivity index (χ0v) is 12.0. The first-order chi connectivity index (χ1) is 9.68. The minimum Gasteiger partial charge on any atom is -0.350 e. The molecule has 1 heterocycles. The Balaban J connectivity index is 1.91. The maximum absolute atomic E-state index is 11.8. The summed E-state index contributed by atoms with van der Waals surface area (Å²) >= 11 is 1.40. The molecule has 20 heavy (non-hydrogen) atoms. The molecule has 1 aromatic carbocycles. The van der Waals surface area contributed by atoms with Crippen LogP contribution in [0.25, 0.3) is 0 Å². The number of carbonyl (C=O) groups is 2. The molecule has 1 N–H and O–H groups in total. The molecule has 1 aromatic heterocycles.